The van der Waals surface area contributed by atoms with Crippen molar-refractivity contribution in [3.63, 3.8) is 0 Å². The van der Waals surface area contributed by atoms with Gasteiger partial charge in [-0.1, -0.05) is 24.3 Å². The third-order valence-corrected chi connectivity index (χ3v) is 2.29. The molecule has 2 rings (SSSR count). The smallest absolute Gasteiger partial charge is 0.162 e. The Bertz CT molecular complexity index is 475. The highest BCUT2D eigenvalue weighted by molar-refractivity contribution is 5.86. The minimum absolute atomic E-state index is 0.254. The van der Waals surface area contributed by atoms with Crippen LogP contribution in [0.2, 0.25) is 0 Å². The first-order valence-electron chi connectivity index (χ1n) is 4.39. The summed E-state index contributed by atoms with van der Waals surface area (Å²) >= 11 is 0. The predicted molar refractivity (Wildman–Crippen MR) is 52.9 cm³/mol. The Balaban J connectivity index is 2.89. The predicted octanol–water partition coefficient (Wildman–Crippen LogP) is 3.49. The first-order chi connectivity index (χ1) is 6.74. The van der Waals surface area contributed by atoms with Crippen LogP contribution in [0.3, 0.4) is 0 Å². The van der Waals surface area contributed by atoms with E-state index in [0.717, 1.165) is 5.39 Å². The van der Waals surface area contributed by atoms with E-state index in [2.05, 4.69) is 6.92 Å². The molecule has 0 aromatic heterocycles. The molecule has 0 amide bonds. The standard InChI is InChI=1S/C12H9F2/c1-2-9-10-6-4-3-5-8(10)7-11(13)12(9)14/h3-7H,1-2H2. The van der Waals surface area contributed by atoms with E-state index < -0.39 is 11.6 Å². The Labute approximate surface area is 81.2 Å². The second-order valence-electron chi connectivity index (χ2n) is 3.12. The van der Waals surface area contributed by atoms with Crippen molar-refractivity contribution in [2.45, 2.75) is 6.42 Å². The molecule has 2 aromatic rings. The van der Waals surface area contributed by atoms with Crippen molar-refractivity contribution >= 4 is 10.8 Å². The second-order valence-corrected chi connectivity index (χ2v) is 3.12. The van der Waals surface area contributed by atoms with Gasteiger partial charge in [0.15, 0.2) is 11.6 Å². The van der Waals surface area contributed by atoms with Gasteiger partial charge in [-0.15, -0.1) is 0 Å². The van der Waals surface area contributed by atoms with Gasteiger partial charge in [0.25, 0.3) is 0 Å². The highest BCUT2D eigenvalue weighted by Crippen LogP contribution is 2.24. The number of benzene rings is 2. The summed E-state index contributed by atoms with van der Waals surface area (Å²) < 4.78 is 26.4. The normalized spacial score (nSPS) is 10.8. The van der Waals surface area contributed by atoms with Gasteiger partial charge < -0.3 is 0 Å². The third kappa shape index (κ3) is 1.27. The van der Waals surface area contributed by atoms with Crippen molar-refractivity contribution in [3.05, 3.63) is 54.5 Å². The summed E-state index contributed by atoms with van der Waals surface area (Å²) in [7, 11) is 0. The van der Waals surface area contributed by atoms with Gasteiger partial charge in [-0.2, -0.15) is 0 Å². The molecule has 0 aliphatic rings. The van der Waals surface area contributed by atoms with Gasteiger partial charge in [-0.05, 0) is 35.7 Å². The molecule has 14 heavy (non-hydrogen) atoms. The van der Waals surface area contributed by atoms with E-state index >= 15 is 0 Å². The van der Waals surface area contributed by atoms with Crippen LogP contribution in [0.1, 0.15) is 5.56 Å². The second kappa shape index (κ2) is 3.37. The summed E-state index contributed by atoms with van der Waals surface area (Å²) in [6.45, 7) is 3.60. The van der Waals surface area contributed by atoms with E-state index in [9.17, 15) is 8.78 Å². The quantitative estimate of drug-likeness (QED) is 0.647. The van der Waals surface area contributed by atoms with Crippen LogP contribution in [-0.4, -0.2) is 0 Å². The number of fused-ring (bicyclic) bond motifs is 1. The summed E-state index contributed by atoms with van der Waals surface area (Å²) in [6, 6.07) is 8.35. The molecule has 0 nitrogen and oxygen atoms in total. The zero-order valence-corrected chi connectivity index (χ0v) is 7.56. The maximum atomic E-state index is 13.3. The lowest BCUT2D eigenvalue weighted by molar-refractivity contribution is 0.504. The molecule has 2 heteroatoms. The van der Waals surface area contributed by atoms with Gasteiger partial charge >= 0.3 is 0 Å². The summed E-state index contributed by atoms with van der Waals surface area (Å²) in [6.07, 6.45) is 0.254. The molecular formula is C12H9F2. The number of rotatable bonds is 1. The van der Waals surface area contributed by atoms with Crippen LogP contribution < -0.4 is 0 Å². The van der Waals surface area contributed by atoms with E-state index in [4.69, 9.17) is 0 Å². The highest BCUT2D eigenvalue weighted by atomic mass is 19.2. The van der Waals surface area contributed by atoms with Gasteiger partial charge in [-0.3, -0.25) is 0 Å². The Kier molecular flexibility index (Phi) is 2.20. The van der Waals surface area contributed by atoms with E-state index in [-0.39, 0.29) is 6.42 Å². The molecule has 0 heterocycles. The van der Waals surface area contributed by atoms with Crippen LogP contribution in [0.4, 0.5) is 8.78 Å². The zero-order valence-electron chi connectivity index (χ0n) is 7.56. The summed E-state index contributed by atoms with van der Waals surface area (Å²) in [5, 5.41) is 1.45. The maximum absolute atomic E-state index is 13.3. The fraction of sp³-hybridized carbons (Fsp3) is 0.0833. The summed E-state index contributed by atoms with van der Waals surface area (Å²) in [4.78, 5) is 0. The lowest BCUT2D eigenvalue weighted by Crippen LogP contribution is -1.94. The largest absolute Gasteiger partial charge is 0.204 e. The van der Waals surface area contributed by atoms with Gasteiger partial charge in [0.05, 0.1) is 0 Å². The molecular weight excluding hydrogens is 182 g/mol. The van der Waals surface area contributed by atoms with Crippen LogP contribution in [0.15, 0.2) is 30.3 Å². The van der Waals surface area contributed by atoms with Crippen LogP contribution in [0.5, 0.6) is 0 Å². The molecule has 0 aliphatic carbocycles. The van der Waals surface area contributed by atoms with Crippen LogP contribution in [0.25, 0.3) is 10.8 Å². The maximum Gasteiger partial charge on any atom is 0.162 e. The van der Waals surface area contributed by atoms with Crippen molar-refractivity contribution in [2.75, 3.05) is 0 Å². The van der Waals surface area contributed by atoms with Crippen molar-refractivity contribution in [1.82, 2.24) is 0 Å². The fourth-order valence-corrected chi connectivity index (χ4v) is 1.60. The first kappa shape index (κ1) is 9.13. The van der Waals surface area contributed by atoms with Gasteiger partial charge in [-0.25, -0.2) is 8.78 Å². The molecule has 0 spiro atoms. The van der Waals surface area contributed by atoms with Crippen molar-refractivity contribution in [1.29, 1.82) is 0 Å². The number of hydrogen-bond donors (Lipinski definition) is 0. The molecule has 0 fully saturated rings. The van der Waals surface area contributed by atoms with E-state index in [1.54, 1.807) is 24.3 Å². The monoisotopic (exact) mass is 191 g/mol. The van der Waals surface area contributed by atoms with Gasteiger partial charge in [0, 0.05) is 0 Å². The number of hydrogen-bond acceptors (Lipinski definition) is 0. The van der Waals surface area contributed by atoms with Gasteiger partial charge in [0.2, 0.25) is 0 Å². The third-order valence-electron chi connectivity index (χ3n) is 2.29. The molecule has 1 radical (unpaired) electrons. The van der Waals surface area contributed by atoms with Crippen LogP contribution in [0, 0.1) is 18.6 Å². The zero-order chi connectivity index (χ0) is 10.1. The molecule has 0 unspecified atom stereocenters. The Morgan fingerprint density at radius 2 is 1.86 bits per heavy atom. The summed E-state index contributed by atoms with van der Waals surface area (Å²) in [5.41, 5.74) is 0.348. The lowest BCUT2D eigenvalue weighted by atomic mass is 10.0. The minimum atomic E-state index is -0.803. The minimum Gasteiger partial charge on any atom is -0.204 e. The Hall–Kier alpha value is -1.44. The fourth-order valence-electron chi connectivity index (χ4n) is 1.60. The molecule has 71 valence electrons. The average molecular weight is 191 g/mol. The molecule has 0 N–H and O–H groups in total. The van der Waals surface area contributed by atoms with E-state index in [1.165, 1.54) is 6.07 Å². The van der Waals surface area contributed by atoms with Crippen molar-refractivity contribution in [2.24, 2.45) is 0 Å². The Morgan fingerprint density at radius 1 is 1.14 bits per heavy atom. The molecule has 2 aromatic carbocycles. The van der Waals surface area contributed by atoms with Gasteiger partial charge in [0.1, 0.15) is 0 Å². The number of halogens is 2. The van der Waals surface area contributed by atoms with Crippen molar-refractivity contribution < 1.29 is 8.78 Å². The molecule has 0 saturated carbocycles. The molecule has 0 aliphatic heterocycles. The van der Waals surface area contributed by atoms with Crippen LogP contribution >= 0.6 is 0 Å². The topological polar surface area (TPSA) is 0 Å². The highest BCUT2D eigenvalue weighted by Gasteiger charge is 2.10. The van der Waals surface area contributed by atoms with E-state index in [1.807, 2.05) is 0 Å². The average Bonchev–Trinajstić information content (AvgIpc) is 2.20. The Morgan fingerprint density at radius 3 is 2.57 bits per heavy atom. The molecule has 0 saturated heterocycles. The van der Waals surface area contributed by atoms with Crippen LogP contribution in [-0.2, 0) is 6.42 Å². The van der Waals surface area contributed by atoms with E-state index in [0.29, 0.717) is 10.9 Å². The molecule has 0 bridgehead atoms. The van der Waals surface area contributed by atoms with Crippen molar-refractivity contribution in [3.8, 4) is 0 Å². The first-order valence-corrected chi connectivity index (χ1v) is 4.39. The summed E-state index contributed by atoms with van der Waals surface area (Å²) in [5.74, 6) is -1.58. The molecule has 0 atom stereocenters. The SMILES string of the molecule is [CH2]Cc1c(F)c(F)cc2ccccc12. The lowest BCUT2D eigenvalue weighted by Gasteiger charge is -2.06.